The summed E-state index contributed by atoms with van der Waals surface area (Å²) in [4.78, 5) is 21.2. The number of aryl methyl sites for hydroxylation is 1. The summed E-state index contributed by atoms with van der Waals surface area (Å²) in [5.74, 6) is 1.09. The normalized spacial score (nSPS) is 22.7. The highest BCUT2D eigenvalue weighted by Gasteiger charge is 2.38. The first-order chi connectivity index (χ1) is 16.4. The number of hydrogen-bond acceptors (Lipinski definition) is 6. The molecule has 2 N–H and O–H groups in total. The number of aromatic nitrogens is 3. The largest absolute Gasteiger partial charge is 0.393 e. The maximum Gasteiger partial charge on any atom is 0.222 e. The standard InChI is InChI=1S/C26H30N4O4/c1-16-10-23(26(33-3)8-9-34-15-26)29-25(11-16)30-14-21(18-4-6-19(32)7-5-18)20-13-27-24(12-22(20)30)28-17(2)31/h4,10-14,19,32H,5-9,15H2,1-3H3,(H,27,28,31). The van der Waals surface area contributed by atoms with Gasteiger partial charge in [0.1, 0.15) is 17.2 Å². The summed E-state index contributed by atoms with van der Waals surface area (Å²) in [6, 6.07) is 5.99. The van der Waals surface area contributed by atoms with Gasteiger partial charge in [0.15, 0.2) is 0 Å². The summed E-state index contributed by atoms with van der Waals surface area (Å²) in [6.07, 6.45) is 8.64. The highest BCUT2D eigenvalue weighted by Crippen LogP contribution is 2.37. The zero-order valence-electron chi connectivity index (χ0n) is 19.8. The van der Waals surface area contributed by atoms with Crippen LogP contribution in [0.2, 0.25) is 0 Å². The predicted octanol–water partition coefficient (Wildman–Crippen LogP) is 3.88. The summed E-state index contributed by atoms with van der Waals surface area (Å²) in [6.45, 7) is 4.64. The Hall–Kier alpha value is -3.07. The van der Waals surface area contributed by atoms with Gasteiger partial charge in [-0.1, -0.05) is 6.08 Å². The predicted molar refractivity (Wildman–Crippen MR) is 130 cm³/mol. The Morgan fingerprint density at radius 3 is 2.88 bits per heavy atom. The number of amides is 1. The van der Waals surface area contributed by atoms with Gasteiger partial charge in [-0.2, -0.15) is 0 Å². The van der Waals surface area contributed by atoms with Crippen molar-refractivity contribution >= 4 is 28.2 Å². The minimum absolute atomic E-state index is 0.173. The van der Waals surface area contributed by atoms with Gasteiger partial charge in [0.25, 0.3) is 0 Å². The molecule has 0 bridgehead atoms. The quantitative estimate of drug-likeness (QED) is 0.597. The van der Waals surface area contributed by atoms with Crippen LogP contribution in [0.1, 0.15) is 49.4 Å². The van der Waals surface area contributed by atoms with E-state index in [1.807, 2.05) is 12.1 Å². The Balaban J connectivity index is 1.69. The summed E-state index contributed by atoms with van der Waals surface area (Å²) >= 11 is 0. The molecule has 1 fully saturated rings. The molecule has 0 aromatic carbocycles. The second-order valence-electron chi connectivity index (χ2n) is 9.23. The minimum Gasteiger partial charge on any atom is -0.393 e. The molecule has 5 rings (SSSR count). The van der Waals surface area contributed by atoms with E-state index < -0.39 is 5.60 Å². The lowest BCUT2D eigenvalue weighted by Crippen LogP contribution is -2.30. The van der Waals surface area contributed by atoms with Crippen molar-refractivity contribution in [3.63, 3.8) is 0 Å². The van der Waals surface area contributed by atoms with Gasteiger partial charge in [0.05, 0.1) is 23.9 Å². The molecule has 1 saturated heterocycles. The fraction of sp³-hybridized carbons (Fsp3) is 0.423. The van der Waals surface area contributed by atoms with Crippen LogP contribution in [-0.4, -0.2) is 52.0 Å². The number of aliphatic hydroxyl groups is 1. The van der Waals surface area contributed by atoms with Gasteiger partial charge >= 0.3 is 0 Å². The third-order valence-electron chi connectivity index (χ3n) is 6.77. The number of anilines is 1. The van der Waals surface area contributed by atoms with Gasteiger partial charge in [0, 0.05) is 56.5 Å². The van der Waals surface area contributed by atoms with Crippen LogP contribution in [0.4, 0.5) is 5.82 Å². The number of allylic oxidation sites excluding steroid dienone is 1. The summed E-state index contributed by atoms with van der Waals surface area (Å²) in [5, 5.41) is 13.7. The molecule has 1 aliphatic carbocycles. The Bertz CT molecular complexity index is 1270. The van der Waals surface area contributed by atoms with Crippen molar-refractivity contribution < 1.29 is 19.4 Å². The van der Waals surface area contributed by atoms with Gasteiger partial charge < -0.3 is 24.5 Å². The molecule has 1 amide bonds. The summed E-state index contributed by atoms with van der Waals surface area (Å²) in [5.41, 5.74) is 4.52. The van der Waals surface area contributed by atoms with Crippen LogP contribution in [0.15, 0.2) is 36.7 Å². The first-order valence-corrected chi connectivity index (χ1v) is 11.7. The molecule has 2 aliphatic rings. The van der Waals surface area contributed by atoms with E-state index in [-0.39, 0.29) is 12.0 Å². The summed E-state index contributed by atoms with van der Waals surface area (Å²) in [7, 11) is 1.71. The lowest BCUT2D eigenvalue weighted by atomic mass is 9.92. The maximum absolute atomic E-state index is 11.7. The van der Waals surface area contributed by atoms with Crippen molar-refractivity contribution in [1.29, 1.82) is 0 Å². The number of ether oxygens (including phenoxy) is 2. The second-order valence-corrected chi connectivity index (χ2v) is 9.23. The zero-order valence-corrected chi connectivity index (χ0v) is 19.8. The molecule has 8 nitrogen and oxygen atoms in total. The zero-order chi connectivity index (χ0) is 23.9. The second kappa shape index (κ2) is 8.94. The number of rotatable bonds is 5. The van der Waals surface area contributed by atoms with Gasteiger partial charge in [-0.3, -0.25) is 4.79 Å². The first kappa shape index (κ1) is 22.7. The summed E-state index contributed by atoms with van der Waals surface area (Å²) < 4.78 is 13.6. The number of aliphatic hydroxyl groups excluding tert-OH is 1. The Labute approximate surface area is 198 Å². The number of carbonyl (C=O) groups excluding carboxylic acids is 1. The van der Waals surface area contributed by atoms with Crippen molar-refractivity contribution in [2.24, 2.45) is 0 Å². The average molecular weight is 463 g/mol. The number of nitrogens with one attached hydrogen (secondary N) is 1. The highest BCUT2D eigenvalue weighted by atomic mass is 16.5. The van der Waals surface area contributed by atoms with E-state index in [4.69, 9.17) is 14.5 Å². The molecule has 0 radical (unpaired) electrons. The highest BCUT2D eigenvalue weighted by molar-refractivity contribution is 5.96. The molecule has 3 aromatic heterocycles. The average Bonchev–Trinajstić information content (AvgIpc) is 3.44. The van der Waals surface area contributed by atoms with Crippen LogP contribution in [0.5, 0.6) is 0 Å². The van der Waals surface area contributed by atoms with Gasteiger partial charge in [-0.05, 0) is 49.5 Å². The van der Waals surface area contributed by atoms with Crippen molar-refractivity contribution in [3.05, 3.63) is 53.5 Å². The number of nitrogens with zero attached hydrogens (tertiary/aromatic N) is 3. The molecule has 3 aromatic rings. The molecule has 8 heteroatoms. The van der Waals surface area contributed by atoms with Crippen molar-refractivity contribution in [3.8, 4) is 5.82 Å². The monoisotopic (exact) mass is 462 g/mol. The van der Waals surface area contributed by atoms with E-state index in [0.29, 0.717) is 25.5 Å². The third kappa shape index (κ3) is 4.13. The fourth-order valence-electron chi connectivity index (χ4n) is 4.90. The van der Waals surface area contributed by atoms with E-state index in [0.717, 1.165) is 52.8 Å². The number of methoxy groups -OCH3 is 1. The van der Waals surface area contributed by atoms with Crippen molar-refractivity contribution in [2.75, 3.05) is 25.6 Å². The van der Waals surface area contributed by atoms with Crippen molar-refractivity contribution in [1.82, 2.24) is 14.5 Å². The number of pyridine rings is 2. The topological polar surface area (TPSA) is 98.5 Å². The smallest absolute Gasteiger partial charge is 0.222 e. The molecule has 0 saturated carbocycles. The molecule has 4 heterocycles. The van der Waals surface area contributed by atoms with Crippen LogP contribution in [0.3, 0.4) is 0 Å². The van der Waals surface area contributed by atoms with Crippen LogP contribution in [0.25, 0.3) is 22.3 Å². The number of fused-ring (bicyclic) bond motifs is 1. The molecule has 0 spiro atoms. The minimum atomic E-state index is -0.558. The van der Waals surface area contributed by atoms with Gasteiger partial charge in [-0.25, -0.2) is 9.97 Å². The SMILES string of the molecule is COC1(c2cc(C)cc(-n3cc(C4=CCC(O)CC4)c4cnc(NC(C)=O)cc43)n2)CCOC1. The fourth-order valence-corrected chi connectivity index (χ4v) is 4.90. The number of hydrogen-bond donors (Lipinski definition) is 2. The Kier molecular flexibility index (Phi) is 5.97. The molecule has 34 heavy (non-hydrogen) atoms. The third-order valence-corrected chi connectivity index (χ3v) is 6.77. The Morgan fingerprint density at radius 2 is 2.21 bits per heavy atom. The molecule has 2 unspecified atom stereocenters. The lowest BCUT2D eigenvalue weighted by molar-refractivity contribution is -0.114. The van der Waals surface area contributed by atoms with Gasteiger partial charge in [-0.15, -0.1) is 0 Å². The maximum atomic E-state index is 11.7. The van der Waals surface area contributed by atoms with Crippen LogP contribution >= 0.6 is 0 Å². The molecular formula is C26H30N4O4. The lowest BCUT2D eigenvalue weighted by Gasteiger charge is -2.26. The molecule has 178 valence electrons. The first-order valence-electron chi connectivity index (χ1n) is 11.7. The van der Waals surface area contributed by atoms with E-state index >= 15 is 0 Å². The van der Waals surface area contributed by atoms with E-state index in [9.17, 15) is 9.90 Å². The molecular weight excluding hydrogens is 432 g/mol. The van der Waals surface area contributed by atoms with Crippen LogP contribution in [0, 0.1) is 6.92 Å². The molecule has 1 aliphatic heterocycles. The number of carbonyl (C=O) groups is 1. The van der Waals surface area contributed by atoms with E-state index in [1.54, 1.807) is 13.3 Å². The van der Waals surface area contributed by atoms with Crippen LogP contribution in [-0.2, 0) is 19.9 Å². The van der Waals surface area contributed by atoms with Gasteiger partial charge in [0.2, 0.25) is 5.91 Å². The Morgan fingerprint density at radius 1 is 1.35 bits per heavy atom. The van der Waals surface area contributed by atoms with Crippen LogP contribution < -0.4 is 5.32 Å². The van der Waals surface area contributed by atoms with Crippen molar-refractivity contribution in [2.45, 2.75) is 51.2 Å². The van der Waals surface area contributed by atoms with E-state index in [2.05, 4.69) is 40.1 Å². The van der Waals surface area contributed by atoms with E-state index in [1.165, 1.54) is 12.5 Å². The molecule has 2 atom stereocenters.